The Kier molecular flexibility index (Phi) is 8.64. The molecule has 1 saturated carbocycles. The second-order valence-corrected chi connectivity index (χ2v) is 9.43. The lowest BCUT2D eigenvalue weighted by Crippen LogP contribution is -2.50. The Morgan fingerprint density at radius 2 is 1.84 bits per heavy atom. The van der Waals surface area contributed by atoms with Crippen LogP contribution in [0.15, 0.2) is 46.9 Å². The van der Waals surface area contributed by atoms with E-state index >= 15 is 0 Å². The van der Waals surface area contributed by atoms with Gasteiger partial charge in [-0.15, -0.1) is 0 Å². The molecule has 2 aromatic rings. The van der Waals surface area contributed by atoms with Crippen LogP contribution in [0.3, 0.4) is 0 Å². The lowest BCUT2D eigenvalue weighted by molar-refractivity contribution is -0.142. The Labute approximate surface area is 201 Å². The fraction of sp³-hybridized carbons (Fsp3) is 0.391. The molecular weight excluding hydrogens is 503 g/mol. The number of carbonyl (C=O) groups excluding carboxylic acids is 2. The van der Waals surface area contributed by atoms with E-state index in [-0.39, 0.29) is 31.0 Å². The van der Waals surface area contributed by atoms with Crippen LogP contribution in [0.2, 0.25) is 10.0 Å². The highest BCUT2D eigenvalue weighted by Gasteiger charge is 2.29. The van der Waals surface area contributed by atoms with Crippen molar-refractivity contribution >= 4 is 50.9 Å². The van der Waals surface area contributed by atoms with Crippen LogP contribution in [0.4, 0.5) is 0 Å². The number of hydrogen-bond acceptors (Lipinski definition) is 3. The third-order valence-electron chi connectivity index (χ3n) is 5.40. The van der Waals surface area contributed by atoms with Gasteiger partial charge in [-0.1, -0.05) is 58.0 Å². The number of hydrogen-bond donors (Lipinski definition) is 1. The molecule has 0 spiro atoms. The normalized spacial score (nSPS) is 14.8. The number of nitrogens with zero attached hydrogens (tertiary/aromatic N) is 1. The van der Waals surface area contributed by atoms with Crippen molar-refractivity contribution < 1.29 is 14.3 Å². The van der Waals surface area contributed by atoms with Gasteiger partial charge in [0.05, 0.1) is 0 Å². The minimum absolute atomic E-state index is 0.171. The molecular formula is C23H25BrCl2N2O3. The Morgan fingerprint density at radius 1 is 1.16 bits per heavy atom. The molecule has 0 aromatic heterocycles. The Bertz CT molecular complexity index is 918. The van der Waals surface area contributed by atoms with Crippen molar-refractivity contribution in [3.8, 4) is 5.75 Å². The van der Waals surface area contributed by atoms with Crippen molar-refractivity contribution in [1.82, 2.24) is 10.2 Å². The van der Waals surface area contributed by atoms with Crippen LogP contribution >= 0.6 is 39.1 Å². The van der Waals surface area contributed by atoms with Crippen LogP contribution in [-0.4, -0.2) is 35.4 Å². The average Bonchev–Trinajstić information content (AvgIpc) is 3.25. The summed E-state index contributed by atoms with van der Waals surface area (Å²) in [4.78, 5) is 27.5. The van der Waals surface area contributed by atoms with Gasteiger partial charge in [-0.05, 0) is 61.7 Å². The van der Waals surface area contributed by atoms with E-state index < -0.39 is 6.04 Å². The molecule has 1 aliphatic carbocycles. The maximum absolute atomic E-state index is 13.1. The molecule has 2 amide bonds. The van der Waals surface area contributed by atoms with Gasteiger partial charge in [0.25, 0.3) is 5.91 Å². The lowest BCUT2D eigenvalue weighted by Gasteiger charge is -2.30. The van der Waals surface area contributed by atoms with Crippen LogP contribution in [0.1, 0.15) is 38.2 Å². The summed E-state index contributed by atoms with van der Waals surface area (Å²) in [7, 11) is 0. The second kappa shape index (κ2) is 11.2. The zero-order chi connectivity index (χ0) is 22.4. The first kappa shape index (κ1) is 23.9. The van der Waals surface area contributed by atoms with Gasteiger partial charge in [-0.25, -0.2) is 0 Å². The molecule has 166 valence electrons. The minimum Gasteiger partial charge on any atom is -0.484 e. The summed E-state index contributed by atoms with van der Waals surface area (Å²) in [5.41, 5.74) is 0.712. The number of ether oxygens (including phenoxy) is 1. The van der Waals surface area contributed by atoms with Crippen molar-refractivity contribution in [3.63, 3.8) is 0 Å². The Hall–Kier alpha value is -1.76. The number of halogens is 3. The fourth-order valence-corrected chi connectivity index (χ4v) is 4.30. The molecule has 0 aliphatic heterocycles. The third kappa shape index (κ3) is 6.86. The van der Waals surface area contributed by atoms with E-state index in [1.807, 2.05) is 12.1 Å². The van der Waals surface area contributed by atoms with Gasteiger partial charge in [0.1, 0.15) is 11.8 Å². The van der Waals surface area contributed by atoms with Crippen LogP contribution in [0, 0.1) is 0 Å². The van der Waals surface area contributed by atoms with Gasteiger partial charge in [0, 0.05) is 27.1 Å². The number of benzene rings is 2. The van der Waals surface area contributed by atoms with Crippen molar-refractivity contribution in [2.75, 3.05) is 6.61 Å². The first-order chi connectivity index (χ1) is 14.8. The first-order valence-electron chi connectivity index (χ1n) is 10.3. The van der Waals surface area contributed by atoms with Crippen molar-refractivity contribution in [2.24, 2.45) is 0 Å². The average molecular weight is 528 g/mol. The van der Waals surface area contributed by atoms with E-state index in [0.717, 1.165) is 30.2 Å². The quantitative estimate of drug-likeness (QED) is 0.485. The SMILES string of the molecule is CC(C(=O)NC1CCCC1)N(Cc1ccc(Cl)cc1Cl)C(=O)COc1ccc(Br)cc1. The monoisotopic (exact) mass is 526 g/mol. The Morgan fingerprint density at radius 3 is 2.48 bits per heavy atom. The highest BCUT2D eigenvalue weighted by Crippen LogP contribution is 2.24. The van der Waals surface area contributed by atoms with E-state index in [2.05, 4.69) is 21.2 Å². The van der Waals surface area contributed by atoms with Crippen LogP contribution in [0.25, 0.3) is 0 Å². The molecule has 1 atom stereocenters. The maximum atomic E-state index is 13.1. The zero-order valence-corrected chi connectivity index (χ0v) is 20.3. The summed E-state index contributed by atoms with van der Waals surface area (Å²) in [6.45, 7) is 1.72. The predicted octanol–water partition coefficient (Wildman–Crippen LogP) is 5.61. The van der Waals surface area contributed by atoms with Crippen LogP contribution in [0.5, 0.6) is 5.75 Å². The lowest BCUT2D eigenvalue weighted by atomic mass is 10.1. The molecule has 1 fully saturated rings. The molecule has 1 aliphatic rings. The van der Waals surface area contributed by atoms with Crippen molar-refractivity contribution in [1.29, 1.82) is 0 Å². The largest absolute Gasteiger partial charge is 0.484 e. The smallest absolute Gasteiger partial charge is 0.261 e. The molecule has 1 unspecified atom stereocenters. The van der Waals surface area contributed by atoms with Gasteiger partial charge in [0.2, 0.25) is 5.91 Å². The fourth-order valence-electron chi connectivity index (χ4n) is 3.57. The number of amides is 2. The van der Waals surface area contributed by atoms with Gasteiger partial charge in [-0.2, -0.15) is 0 Å². The van der Waals surface area contributed by atoms with E-state index in [4.69, 9.17) is 27.9 Å². The topological polar surface area (TPSA) is 58.6 Å². The zero-order valence-electron chi connectivity index (χ0n) is 17.2. The van der Waals surface area contributed by atoms with E-state index in [1.165, 1.54) is 4.90 Å². The molecule has 5 nitrogen and oxygen atoms in total. The summed E-state index contributed by atoms with van der Waals surface area (Å²) in [5, 5.41) is 4.03. The van der Waals surface area contributed by atoms with Crippen LogP contribution < -0.4 is 10.1 Å². The summed E-state index contributed by atoms with van der Waals surface area (Å²) >= 11 is 15.7. The van der Waals surface area contributed by atoms with E-state index in [1.54, 1.807) is 37.3 Å². The molecule has 2 aromatic carbocycles. The molecule has 1 N–H and O–H groups in total. The number of carbonyl (C=O) groups is 2. The summed E-state index contributed by atoms with van der Waals surface area (Å²) in [5.74, 6) is 0.0982. The highest BCUT2D eigenvalue weighted by atomic mass is 79.9. The molecule has 31 heavy (non-hydrogen) atoms. The molecule has 0 bridgehead atoms. The molecule has 8 heteroatoms. The Balaban J connectivity index is 1.73. The minimum atomic E-state index is -0.673. The second-order valence-electron chi connectivity index (χ2n) is 7.67. The third-order valence-corrected chi connectivity index (χ3v) is 6.52. The van der Waals surface area contributed by atoms with E-state index in [9.17, 15) is 9.59 Å². The molecule has 3 rings (SSSR count). The summed E-state index contributed by atoms with van der Waals surface area (Å²) in [6.07, 6.45) is 4.18. The van der Waals surface area contributed by atoms with E-state index in [0.29, 0.717) is 21.4 Å². The molecule has 0 radical (unpaired) electrons. The first-order valence-corrected chi connectivity index (χ1v) is 11.8. The predicted molar refractivity (Wildman–Crippen MR) is 127 cm³/mol. The molecule has 0 heterocycles. The standard InChI is InChI=1S/C23H25BrCl2N2O3/c1-15(23(30)27-19-4-2-3-5-19)28(13-16-6-9-18(25)12-21(16)26)22(29)14-31-20-10-7-17(24)8-11-20/h6-12,15,19H,2-5,13-14H2,1H3,(H,27,30). The van der Waals surface area contributed by atoms with Crippen molar-refractivity contribution in [2.45, 2.75) is 51.2 Å². The maximum Gasteiger partial charge on any atom is 0.261 e. The van der Waals surface area contributed by atoms with Crippen LogP contribution in [-0.2, 0) is 16.1 Å². The van der Waals surface area contributed by atoms with Gasteiger partial charge in [-0.3, -0.25) is 9.59 Å². The number of rotatable bonds is 8. The van der Waals surface area contributed by atoms with Gasteiger partial charge in [0.15, 0.2) is 6.61 Å². The van der Waals surface area contributed by atoms with Gasteiger partial charge < -0.3 is 15.0 Å². The molecule has 0 saturated heterocycles. The van der Waals surface area contributed by atoms with Gasteiger partial charge >= 0.3 is 0 Å². The number of nitrogens with one attached hydrogen (secondary N) is 1. The van der Waals surface area contributed by atoms with Crippen molar-refractivity contribution in [3.05, 3.63) is 62.5 Å². The highest BCUT2D eigenvalue weighted by molar-refractivity contribution is 9.10. The summed E-state index contributed by atoms with van der Waals surface area (Å²) in [6, 6.07) is 11.8. The summed E-state index contributed by atoms with van der Waals surface area (Å²) < 4.78 is 6.58.